The summed E-state index contributed by atoms with van der Waals surface area (Å²) in [5, 5.41) is 13.2. The van der Waals surface area contributed by atoms with Crippen molar-refractivity contribution >= 4 is 0 Å². The fourth-order valence-corrected chi connectivity index (χ4v) is 2.61. The first kappa shape index (κ1) is 10.4. The van der Waals surface area contributed by atoms with E-state index in [4.69, 9.17) is 0 Å². The SMILES string of the molecule is CC1CC1NCC(O)CC1CCCC1. The maximum Gasteiger partial charge on any atom is 0.0667 e. The zero-order valence-electron chi connectivity index (χ0n) is 9.21. The van der Waals surface area contributed by atoms with Crippen LogP contribution in [0.15, 0.2) is 0 Å². The van der Waals surface area contributed by atoms with Gasteiger partial charge >= 0.3 is 0 Å². The summed E-state index contributed by atoms with van der Waals surface area (Å²) in [5.41, 5.74) is 0. The molecule has 2 aliphatic carbocycles. The minimum Gasteiger partial charge on any atom is -0.392 e. The third-order valence-corrected chi connectivity index (χ3v) is 3.81. The number of hydrogen-bond donors (Lipinski definition) is 2. The summed E-state index contributed by atoms with van der Waals surface area (Å²) in [7, 11) is 0. The number of nitrogens with one attached hydrogen (secondary N) is 1. The van der Waals surface area contributed by atoms with E-state index in [0.717, 1.165) is 24.8 Å². The van der Waals surface area contributed by atoms with Crippen LogP contribution in [0.4, 0.5) is 0 Å². The molecule has 0 saturated heterocycles. The van der Waals surface area contributed by atoms with E-state index in [1.54, 1.807) is 0 Å². The zero-order valence-corrected chi connectivity index (χ0v) is 9.21. The van der Waals surface area contributed by atoms with Crippen LogP contribution in [0.1, 0.15) is 45.4 Å². The van der Waals surface area contributed by atoms with Crippen LogP contribution in [-0.4, -0.2) is 23.8 Å². The summed E-state index contributed by atoms with van der Waals surface area (Å²) in [6, 6.07) is 0.702. The molecule has 82 valence electrons. The molecule has 2 nitrogen and oxygen atoms in total. The molecule has 14 heavy (non-hydrogen) atoms. The van der Waals surface area contributed by atoms with E-state index in [0.29, 0.717) is 6.04 Å². The second-order valence-corrected chi connectivity index (χ2v) is 5.27. The molecule has 0 aromatic heterocycles. The van der Waals surface area contributed by atoms with Gasteiger partial charge in [-0.2, -0.15) is 0 Å². The first-order valence-corrected chi connectivity index (χ1v) is 6.17. The Morgan fingerprint density at radius 1 is 1.36 bits per heavy atom. The van der Waals surface area contributed by atoms with Crippen LogP contribution in [0, 0.1) is 11.8 Å². The highest BCUT2D eigenvalue weighted by Crippen LogP contribution is 2.30. The molecule has 0 aromatic rings. The second-order valence-electron chi connectivity index (χ2n) is 5.27. The first-order valence-electron chi connectivity index (χ1n) is 6.17. The van der Waals surface area contributed by atoms with Crippen LogP contribution in [0.5, 0.6) is 0 Å². The highest BCUT2D eigenvalue weighted by atomic mass is 16.3. The molecule has 2 aliphatic rings. The van der Waals surface area contributed by atoms with Gasteiger partial charge in [0.15, 0.2) is 0 Å². The highest BCUT2D eigenvalue weighted by Gasteiger charge is 2.32. The molecular weight excluding hydrogens is 174 g/mol. The summed E-state index contributed by atoms with van der Waals surface area (Å²) >= 11 is 0. The largest absolute Gasteiger partial charge is 0.392 e. The Kier molecular flexibility index (Phi) is 3.45. The monoisotopic (exact) mass is 197 g/mol. The molecule has 2 rings (SSSR count). The van der Waals surface area contributed by atoms with Crippen molar-refractivity contribution in [1.29, 1.82) is 0 Å². The van der Waals surface area contributed by atoms with Crippen LogP contribution in [0.2, 0.25) is 0 Å². The van der Waals surface area contributed by atoms with Crippen LogP contribution in [0.3, 0.4) is 0 Å². The van der Waals surface area contributed by atoms with Gasteiger partial charge in [-0.15, -0.1) is 0 Å². The Bertz CT molecular complexity index is 177. The van der Waals surface area contributed by atoms with Crippen LogP contribution >= 0.6 is 0 Å². The Labute approximate surface area is 87.1 Å². The number of aliphatic hydroxyl groups excluding tert-OH is 1. The summed E-state index contributed by atoms with van der Waals surface area (Å²) in [6.07, 6.45) is 7.67. The van der Waals surface area contributed by atoms with Crippen LogP contribution < -0.4 is 5.32 Å². The van der Waals surface area contributed by atoms with Gasteiger partial charge in [0, 0.05) is 12.6 Å². The van der Waals surface area contributed by atoms with Crippen molar-refractivity contribution in [3.05, 3.63) is 0 Å². The topological polar surface area (TPSA) is 32.3 Å². The molecule has 2 saturated carbocycles. The van der Waals surface area contributed by atoms with Gasteiger partial charge in [-0.1, -0.05) is 32.6 Å². The third kappa shape index (κ3) is 2.96. The van der Waals surface area contributed by atoms with Crippen molar-refractivity contribution < 1.29 is 5.11 Å². The highest BCUT2D eigenvalue weighted by molar-refractivity contribution is 4.90. The minimum atomic E-state index is -0.106. The van der Waals surface area contributed by atoms with Crippen molar-refractivity contribution in [2.24, 2.45) is 11.8 Å². The van der Waals surface area contributed by atoms with Gasteiger partial charge in [-0.25, -0.2) is 0 Å². The van der Waals surface area contributed by atoms with Gasteiger partial charge in [0.1, 0.15) is 0 Å². The lowest BCUT2D eigenvalue weighted by Crippen LogP contribution is -2.30. The molecule has 2 fully saturated rings. The molecular formula is C12H23NO. The van der Waals surface area contributed by atoms with Crippen molar-refractivity contribution in [3.8, 4) is 0 Å². The van der Waals surface area contributed by atoms with Crippen LogP contribution in [0.25, 0.3) is 0 Å². The molecule has 0 radical (unpaired) electrons. The summed E-state index contributed by atoms with van der Waals surface area (Å²) in [6.45, 7) is 3.08. The zero-order chi connectivity index (χ0) is 9.97. The summed E-state index contributed by atoms with van der Waals surface area (Å²) in [4.78, 5) is 0. The molecule has 0 spiro atoms. The molecule has 0 aromatic carbocycles. The fraction of sp³-hybridized carbons (Fsp3) is 1.00. The van der Waals surface area contributed by atoms with Crippen LogP contribution in [-0.2, 0) is 0 Å². The quantitative estimate of drug-likeness (QED) is 0.706. The molecule has 0 bridgehead atoms. The standard InChI is InChI=1S/C12H23NO/c1-9-6-12(9)13-8-11(14)7-10-4-2-3-5-10/h9-14H,2-8H2,1H3. The summed E-state index contributed by atoms with van der Waals surface area (Å²) in [5.74, 6) is 1.65. The maximum atomic E-state index is 9.81. The van der Waals surface area contributed by atoms with Crippen molar-refractivity contribution in [2.45, 2.75) is 57.6 Å². The Balaban J connectivity index is 1.56. The molecule has 2 heteroatoms. The first-order chi connectivity index (χ1) is 6.75. The number of rotatable bonds is 5. The van der Waals surface area contributed by atoms with E-state index in [-0.39, 0.29) is 6.10 Å². The number of hydrogen-bond acceptors (Lipinski definition) is 2. The molecule has 0 amide bonds. The van der Waals surface area contributed by atoms with Gasteiger partial charge in [0.25, 0.3) is 0 Å². The van der Waals surface area contributed by atoms with E-state index in [2.05, 4.69) is 12.2 Å². The number of aliphatic hydroxyl groups is 1. The van der Waals surface area contributed by atoms with Gasteiger partial charge in [-0.05, 0) is 24.7 Å². The fourth-order valence-electron chi connectivity index (χ4n) is 2.61. The molecule has 0 heterocycles. The lowest BCUT2D eigenvalue weighted by molar-refractivity contribution is 0.140. The maximum absolute atomic E-state index is 9.81. The predicted molar refractivity (Wildman–Crippen MR) is 58.2 cm³/mol. The van der Waals surface area contributed by atoms with Gasteiger partial charge in [0.05, 0.1) is 6.10 Å². The van der Waals surface area contributed by atoms with E-state index >= 15 is 0 Å². The Morgan fingerprint density at radius 2 is 2.00 bits per heavy atom. The van der Waals surface area contributed by atoms with Crippen molar-refractivity contribution in [2.75, 3.05) is 6.54 Å². The molecule has 3 atom stereocenters. The van der Waals surface area contributed by atoms with E-state index in [1.165, 1.54) is 32.1 Å². The Morgan fingerprint density at radius 3 is 2.57 bits per heavy atom. The van der Waals surface area contributed by atoms with E-state index < -0.39 is 0 Å². The molecule has 0 aliphatic heterocycles. The van der Waals surface area contributed by atoms with E-state index in [9.17, 15) is 5.11 Å². The molecule has 3 unspecified atom stereocenters. The molecule has 2 N–H and O–H groups in total. The second kappa shape index (κ2) is 4.63. The van der Waals surface area contributed by atoms with E-state index in [1.807, 2.05) is 0 Å². The third-order valence-electron chi connectivity index (χ3n) is 3.81. The lowest BCUT2D eigenvalue weighted by Gasteiger charge is -2.15. The lowest BCUT2D eigenvalue weighted by atomic mass is 10.00. The van der Waals surface area contributed by atoms with Gasteiger partial charge in [0.2, 0.25) is 0 Å². The smallest absolute Gasteiger partial charge is 0.0667 e. The van der Waals surface area contributed by atoms with Gasteiger partial charge < -0.3 is 10.4 Å². The summed E-state index contributed by atoms with van der Waals surface area (Å²) < 4.78 is 0. The average Bonchev–Trinajstić information content (AvgIpc) is 2.65. The Hall–Kier alpha value is -0.0800. The van der Waals surface area contributed by atoms with Crippen molar-refractivity contribution in [1.82, 2.24) is 5.32 Å². The minimum absolute atomic E-state index is 0.106. The predicted octanol–water partition coefficient (Wildman–Crippen LogP) is 1.93. The van der Waals surface area contributed by atoms with Crippen molar-refractivity contribution in [3.63, 3.8) is 0 Å². The van der Waals surface area contributed by atoms with Gasteiger partial charge in [-0.3, -0.25) is 0 Å². The average molecular weight is 197 g/mol. The normalized spacial score (nSPS) is 34.7.